The van der Waals surface area contributed by atoms with Gasteiger partial charge in [-0.15, -0.1) is 24.8 Å². The molecule has 6 nitrogen and oxygen atoms in total. The zero-order valence-electron chi connectivity index (χ0n) is 18.8. The number of pyridine rings is 1. The van der Waals surface area contributed by atoms with Crippen LogP contribution in [-0.4, -0.2) is 67.9 Å². The maximum atomic E-state index is 12.8. The van der Waals surface area contributed by atoms with Crippen molar-refractivity contribution in [2.75, 3.05) is 44.2 Å². The molecule has 1 aromatic carbocycles. The fraction of sp³-hybridized carbons (Fsp3) is 0.522. The lowest BCUT2D eigenvalue weighted by Gasteiger charge is -2.37. The van der Waals surface area contributed by atoms with Crippen molar-refractivity contribution in [3.63, 3.8) is 0 Å². The van der Waals surface area contributed by atoms with E-state index in [-0.39, 0.29) is 24.8 Å². The number of piperidine rings is 1. The van der Waals surface area contributed by atoms with E-state index < -0.39 is 10.0 Å². The van der Waals surface area contributed by atoms with E-state index in [4.69, 9.17) is 0 Å². The van der Waals surface area contributed by atoms with Crippen molar-refractivity contribution in [2.24, 2.45) is 0 Å². The van der Waals surface area contributed by atoms with Crippen molar-refractivity contribution in [3.8, 4) is 11.1 Å². The number of piperazine rings is 1. The van der Waals surface area contributed by atoms with Gasteiger partial charge in [-0.1, -0.05) is 18.6 Å². The third-order valence-electron chi connectivity index (χ3n) is 6.26. The summed E-state index contributed by atoms with van der Waals surface area (Å²) >= 11 is 0. The highest BCUT2D eigenvalue weighted by Crippen LogP contribution is 2.26. The molecule has 0 radical (unpaired) electrons. The monoisotopic (exact) mass is 500 g/mol. The van der Waals surface area contributed by atoms with E-state index in [0.29, 0.717) is 24.0 Å². The Morgan fingerprint density at radius 1 is 0.781 bits per heavy atom. The average molecular weight is 502 g/mol. The van der Waals surface area contributed by atoms with Crippen LogP contribution in [0.1, 0.15) is 33.1 Å². The molecular formula is C23H34Cl2N4O2S. The Hall–Kier alpha value is -1.38. The van der Waals surface area contributed by atoms with Crippen LogP contribution >= 0.6 is 24.8 Å². The number of halogens is 2. The van der Waals surface area contributed by atoms with Gasteiger partial charge in [0.05, 0.1) is 4.90 Å². The summed E-state index contributed by atoms with van der Waals surface area (Å²) < 4.78 is 27.3. The molecule has 0 N–H and O–H groups in total. The van der Waals surface area contributed by atoms with Crippen LogP contribution in [-0.2, 0) is 10.0 Å². The summed E-state index contributed by atoms with van der Waals surface area (Å²) in [7, 11) is -3.39. The summed E-state index contributed by atoms with van der Waals surface area (Å²) in [5.74, 6) is 1.01. The Morgan fingerprint density at radius 3 is 1.91 bits per heavy atom. The molecule has 0 bridgehead atoms. The maximum absolute atomic E-state index is 12.8. The molecule has 0 spiro atoms. The van der Waals surface area contributed by atoms with Crippen LogP contribution in [0.25, 0.3) is 11.1 Å². The summed E-state index contributed by atoms with van der Waals surface area (Å²) in [6.07, 6.45) is 4.89. The van der Waals surface area contributed by atoms with E-state index in [1.807, 2.05) is 18.3 Å². The Bertz CT molecular complexity index is 939. The van der Waals surface area contributed by atoms with Crippen LogP contribution in [0.2, 0.25) is 0 Å². The molecule has 0 atom stereocenters. The predicted octanol–water partition coefficient (Wildman–Crippen LogP) is 4.30. The molecule has 0 amide bonds. The largest absolute Gasteiger partial charge is 0.354 e. The lowest BCUT2D eigenvalue weighted by molar-refractivity contribution is 0.209. The van der Waals surface area contributed by atoms with Gasteiger partial charge in [0, 0.05) is 57.1 Å². The van der Waals surface area contributed by atoms with Gasteiger partial charge in [-0.2, -0.15) is 4.31 Å². The van der Waals surface area contributed by atoms with Gasteiger partial charge < -0.3 is 4.90 Å². The van der Waals surface area contributed by atoms with Gasteiger partial charge in [-0.3, -0.25) is 4.90 Å². The maximum Gasteiger partial charge on any atom is 0.243 e. The van der Waals surface area contributed by atoms with Crippen LogP contribution in [0, 0.1) is 0 Å². The normalized spacial score (nSPS) is 18.2. The molecule has 178 valence electrons. The lowest BCUT2D eigenvalue weighted by atomic mass is 10.1. The second kappa shape index (κ2) is 11.7. The number of hydrogen-bond acceptors (Lipinski definition) is 5. The predicted molar refractivity (Wildman–Crippen MR) is 136 cm³/mol. The van der Waals surface area contributed by atoms with Crippen molar-refractivity contribution >= 4 is 40.7 Å². The van der Waals surface area contributed by atoms with Crippen LogP contribution in [0.5, 0.6) is 0 Å². The number of hydrogen-bond donors (Lipinski definition) is 0. The highest BCUT2D eigenvalue weighted by molar-refractivity contribution is 7.89. The zero-order valence-corrected chi connectivity index (χ0v) is 21.3. The molecule has 2 fully saturated rings. The molecule has 9 heteroatoms. The first-order valence-electron chi connectivity index (χ1n) is 11.0. The molecular weight excluding hydrogens is 467 g/mol. The molecule has 2 aliphatic heterocycles. The molecule has 0 aliphatic carbocycles. The van der Waals surface area contributed by atoms with Gasteiger partial charge in [0.25, 0.3) is 0 Å². The Balaban J connectivity index is 0.00000181. The SMILES string of the molecule is CC(C)N1CCN(c2ccc(-c3ccc(S(=O)(=O)N4CCCCC4)cc3)cn2)CC1.Cl.Cl. The third kappa shape index (κ3) is 5.94. The van der Waals surface area contributed by atoms with Gasteiger partial charge in [0.1, 0.15) is 5.82 Å². The molecule has 0 unspecified atom stereocenters. The second-order valence-electron chi connectivity index (χ2n) is 8.51. The van der Waals surface area contributed by atoms with E-state index >= 15 is 0 Å². The van der Waals surface area contributed by atoms with Gasteiger partial charge >= 0.3 is 0 Å². The van der Waals surface area contributed by atoms with Crippen molar-refractivity contribution in [3.05, 3.63) is 42.6 Å². The number of nitrogens with zero attached hydrogens (tertiary/aromatic N) is 4. The van der Waals surface area contributed by atoms with Gasteiger partial charge in [-0.25, -0.2) is 13.4 Å². The summed E-state index contributed by atoms with van der Waals surface area (Å²) in [6, 6.07) is 11.9. The molecule has 2 aliphatic rings. The number of sulfonamides is 1. The number of aromatic nitrogens is 1. The molecule has 32 heavy (non-hydrogen) atoms. The Labute approximate surface area is 204 Å². The van der Waals surface area contributed by atoms with Gasteiger partial charge in [0.15, 0.2) is 0 Å². The van der Waals surface area contributed by atoms with E-state index in [0.717, 1.165) is 62.4 Å². The summed E-state index contributed by atoms with van der Waals surface area (Å²) in [4.78, 5) is 9.87. The van der Waals surface area contributed by atoms with Crippen LogP contribution in [0.3, 0.4) is 0 Å². The van der Waals surface area contributed by atoms with E-state index in [1.165, 1.54) is 0 Å². The molecule has 2 saturated heterocycles. The molecule has 0 saturated carbocycles. The zero-order chi connectivity index (χ0) is 21.1. The standard InChI is InChI=1S/C23H32N4O2S.2ClH/c1-19(2)25-14-16-26(17-15-25)23-11-8-21(18-24-23)20-6-9-22(10-7-20)30(28,29)27-12-4-3-5-13-27;;/h6-11,18-19H,3-5,12-17H2,1-2H3;2*1H. The number of anilines is 1. The highest BCUT2D eigenvalue weighted by atomic mass is 35.5. The number of benzene rings is 1. The Morgan fingerprint density at radius 2 is 1.38 bits per heavy atom. The first-order chi connectivity index (χ1) is 14.4. The van der Waals surface area contributed by atoms with Gasteiger partial charge in [-0.05, 0) is 56.5 Å². The second-order valence-corrected chi connectivity index (χ2v) is 10.4. The minimum absolute atomic E-state index is 0. The molecule has 3 heterocycles. The fourth-order valence-electron chi connectivity index (χ4n) is 4.28. The van der Waals surface area contributed by atoms with Crippen LogP contribution < -0.4 is 4.90 Å². The smallest absolute Gasteiger partial charge is 0.243 e. The van der Waals surface area contributed by atoms with E-state index in [2.05, 4.69) is 40.8 Å². The average Bonchev–Trinajstić information content (AvgIpc) is 2.80. The minimum atomic E-state index is -3.39. The van der Waals surface area contributed by atoms with Crippen molar-refractivity contribution < 1.29 is 8.42 Å². The molecule has 4 rings (SSSR count). The number of rotatable bonds is 5. The third-order valence-corrected chi connectivity index (χ3v) is 8.17. The van der Waals surface area contributed by atoms with Crippen molar-refractivity contribution in [1.29, 1.82) is 0 Å². The Kier molecular flexibility index (Phi) is 9.79. The van der Waals surface area contributed by atoms with E-state index in [9.17, 15) is 8.42 Å². The molecule has 1 aromatic heterocycles. The van der Waals surface area contributed by atoms with Crippen LogP contribution in [0.4, 0.5) is 5.82 Å². The lowest BCUT2D eigenvalue weighted by Crippen LogP contribution is -2.49. The highest BCUT2D eigenvalue weighted by Gasteiger charge is 2.25. The fourth-order valence-corrected chi connectivity index (χ4v) is 5.80. The van der Waals surface area contributed by atoms with Crippen LogP contribution in [0.15, 0.2) is 47.5 Å². The van der Waals surface area contributed by atoms with Crippen molar-refractivity contribution in [2.45, 2.75) is 44.0 Å². The summed E-state index contributed by atoms with van der Waals surface area (Å²) in [6.45, 7) is 9.85. The first kappa shape index (κ1) is 26.9. The van der Waals surface area contributed by atoms with E-state index in [1.54, 1.807) is 16.4 Å². The summed E-state index contributed by atoms with van der Waals surface area (Å²) in [5, 5.41) is 0. The minimum Gasteiger partial charge on any atom is -0.354 e. The quantitative estimate of drug-likeness (QED) is 0.612. The topological polar surface area (TPSA) is 56.8 Å². The first-order valence-corrected chi connectivity index (χ1v) is 12.4. The van der Waals surface area contributed by atoms with Gasteiger partial charge in [0.2, 0.25) is 10.0 Å². The van der Waals surface area contributed by atoms with Crippen molar-refractivity contribution in [1.82, 2.24) is 14.2 Å². The molecule has 2 aromatic rings. The summed E-state index contributed by atoms with van der Waals surface area (Å²) in [5.41, 5.74) is 1.98.